The summed E-state index contributed by atoms with van der Waals surface area (Å²) in [5.74, 6) is -1.38. The molecule has 0 aromatic carbocycles. The maximum absolute atomic E-state index is 12.6. The first kappa shape index (κ1) is 20.0. The van der Waals surface area contributed by atoms with Crippen LogP contribution in [-0.4, -0.2) is 43.3 Å². The van der Waals surface area contributed by atoms with E-state index in [4.69, 9.17) is 18.9 Å². The first-order valence-electron chi connectivity index (χ1n) is 9.28. The molecule has 27 heavy (non-hydrogen) atoms. The van der Waals surface area contributed by atoms with E-state index in [0.29, 0.717) is 5.57 Å². The van der Waals surface area contributed by atoms with Crippen LogP contribution in [0.25, 0.3) is 0 Å². The summed E-state index contributed by atoms with van der Waals surface area (Å²) >= 11 is 0. The molecule has 3 aliphatic rings. The maximum atomic E-state index is 12.6. The highest BCUT2D eigenvalue weighted by Gasteiger charge is 2.77. The summed E-state index contributed by atoms with van der Waals surface area (Å²) in [4.78, 5) is 12.6. The Kier molecular flexibility index (Phi) is 5.68. The molecule has 1 saturated heterocycles. The van der Waals surface area contributed by atoms with Crippen molar-refractivity contribution < 1.29 is 23.7 Å². The molecule has 5 heteroatoms. The zero-order valence-electron chi connectivity index (χ0n) is 16.4. The van der Waals surface area contributed by atoms with Gasteiger partial charge in [-0.2, -0.15) is 0 Å². The van der Waals surface area contributed by atoms with Gasteiger partial charge in [-0.1, -0.05) is 55.2 Å². The first-order valence-corrected chi connectivity index (χ1v) is 9.28. The largest absolute Gasteiger partial charge is 0.379 e. The topological polar surface area (TPSA) is 57.3 Å². The highest BCUT2D eigenvalue weighted by molar-refractivity contribution is 5.96. The van der Waals surface area contributed by atoms with Gasteiger partial charge in [0.15, 0.2) is 0 Å². The van der Waals surface area contributed by atoms with Gasteiger partial charge in [-0.25, -0.2) is 0 Å². The van der Waals surface area contributed by atoms with E-state index in [1.165, 1.54) is 0 Å². The van der Waals surface area contributed by atoms with Crippen molar-refractivity contribution in [2.45, 2.75) is 44.6 Å². The van der Waals surface area contributed by atoms with Crippen LogP contribution in [0.4, 0.5) is 0 Å². The van der Waals surface area contributed by atoms with Gasteiger partial charge in [0.25, 0.3) is 0 Å². The number of rotatable bonds is 10. The van der Waals surface area contributed by atoms with Crippen LogP contribution < -0.4 is 0 Å². The number of allylic oxidation sites excluding steroid dienone is 4. The lowest BCUT2D eigenvalue weighted by molar-refractivity contribution is -0.225. The van der Waals surface area contributed by atoms with Crippen molar-refractivity contribution in [1.29, 1.82) is 0 Å². The number of epoxide rings is 1. The average molecular weight is 372 g/mol. The highest BCUT2D eigenvalue weighted by Crippen LogP contribution is 2.61. The fourth-order valence-electron chi connectivity index (χ4n) is 3.80. The Morgan fingerprint density at radius 1 is 1.11 bits per heavy atom. The Morgan fingerprint density at radius 2 is 1.63 bits per heavy atom. The smallest absolute Gasteiger partial charge is 0.227 e. The van der Waals surface area contributed by atoms with Crippen molar-refractivity contribution in [2.24, 2.45) is 11.8 Å². The van der Waals surface area contributed by atoms with Crippen molar-refractivity contribution in [3.8, 4) is 0 Å². The molecule has 0 spiro atoms. The van der Waals surface area contributed by atoms with Gasteiger partial charge in [-0.3, -0.25) is 4.79 Å². The maximum Gasteiger partial charge on any atom is 0.227 e. The van der Waals surface area contributed by atoms with Crippen molar-refractivity contribution in [2.75, 3.05) is 13.7 Å². The van der Waals surface area contributed by atoms with Gasteiger partial charge in [0.2, 0.25) is 17.9 Å². The molecule has 0 bridgehead atoms. The summed E-state index contributed by atoms with van der Waals surface area (Å²) in [5.41, 5.74) is -0.315. The Morgan fingerprint density at radius 3 is 2.04 bits per heavy atom. The number of carbonyl (C=O) groups excluding carboxylic acids is 1. The van der Waals surface area contributed by atoms with Crippen molar-refractivity contribution in [3.05, 3.63) is 60.8 Å². The van der Waals surface area contributed by atoms with Gasteiger partial charge in [-0.05, 0) is 26.3 Å². The molecule has 0 radical (unpaired) electrons. The lowest BCUT2D eigenvalue weighted by atomic mass is 9.78. The highest BCUT2D eigenvalue weighted by atomic mass is 16.9. The predicted octanol–water partition coefficient (Wildman–Crippen LogP) is 3.50. The molecule has 0 saturated carbocycles. The van der Waals surface area contributed by atoms with Crippen LogP contribution in [0.5, 0.6) is 0 Å². The molecule has 1 aliphatic heterocycles. The zero-order chi connectivity index (χ0) is 19.7. The van der Waals surface area contributed by atoms with Crippen LogP contribution in [0, 0.1) is 11.8 Å². The minimum Gasteiger partial charge on any atom is -0.379 e. The molecule has 2 atom stereocenters. The van der Waals surface area contributed by atoms with Crippen LogP contribution in [0.3, 0.4) is 0 Å². The Hall–Kier alpha value is -1.79. The lowest BCUT2D eigenvalue weighted by Crippen LogP contribution is -2.46. The van der Waals surface area contributed by atoms with E-state index < -0.39 is 17.7 Å². The van der Waals surface area contributed by atoms with E-state index in [-0.39, 0.29) is 30.3 Å². The molecule has 2 aliphatic carbocycles. The fourth-order valence-corrected chi connectivity index (χ4v) is 3.80. The van der Waals surface area contributed by atoms with E-state index in [2.05, 4.69) is 30.9 Å². The van der Waals surface area contributed by atoms with Crippen LogP contribution >= 0.6 is 0 Å². The van der Waals surface area contributed by atoms with Crippen LogP contribution in [0.2, 0.25) is 0 Å². The molecule has 146 valence electrons. The van der Waals surface area contributed by atoms with E-state index >= 15 is 0 Å². The molecule has 0 amide bonds. The van der Waals surface area contributed by atoms with Crippen molar-refractivity contribution in [1.82, 2.24) is 0 Å². The minimum absolute atomic E-state index is 0.00433. The lowest BCUT2D eigenvalue weighted by Gasteiger charge is -2.29. The summed E-state index contributed by atoms with van der Waals surface area (Å²) in [7, 11) is 1.59. The van der Waals surface area contributed by atoms with E-state index in [0.717, 1.165) is 0 Å². The van der Waals surface area contributed by atoms with Crippen molar-refractivity contribution in [3.63, 3.8) is 0 Å². The van der Waals surface area contributed by atoms with Gasteiger partial charge in [-0.15, -0.1) is 0 Å². The fraction of sp³-hybridized carbons (Fsp3) is 0.500. The second-order valence-corrected chi connectivity index (χ2v) is 7.45. The zero-order valence-corrected chi connectivity index (χ0v) is 16.4. The molecule has 5 nitrogen and oxygen atoms in total. The van der Waals surface area contributed by atoms with Gasteiger partial charge in [0, 0.05) is 18.9 Å². The Labute approximate surface area is 161 Å². The van der Waals surface area contributed by atoms with Gasteiger partial charge in [0.05, 0.1) is 6.10 Å². The van der Waals surface area contributed by atoms with Crippen molar-refractivity contribution >= 4 is 5.78 Å². The van der Waals surface area contributed by atoms with E-state index in [9.17, 15) is 4.79 Å². The first-order chi connectivity index (χ1) is 12.9. The molecule has 2 unspecified atom stereocenters. The minimum atomic E-state index is -1.10. The monoisotopic (exact) mass is 372 g/mol. The Bertz CT molecular complexity index is 662. The van der Waals surface area contributed by atoms with Crippen LogP contribution in [0.1, 0.15) is 20.8 Å². The number of hydrogen-bond acceptors (Lipinski definition) is 5. The van der Waals surface area contributed by atoms with Crippen LogP contribution in [0.15, 0.2) is 60.8 Å². The molecular formula is C22H28O5. The normalized spacial score (nSPS) is 27.0. The predicted molar refractivity (Wildman–Crippen MR) is 103 cm³/mol. The quantitative estimate of drug-likeness (QED) is 0.334. The molecule has 1 heterocycles. The average Bonchev–Trinajstić information content (AvgIpc) is 3.09. The third-order valence-electron chi connectivity index (χ3n) is 5.04. The molecule has 3 rings (SSSR count). The second kappa shape index (κ2) is 7.68. The second-order valence-electron chi connectivity index (χ2n) is 7.45. The third kappa shape index (κ3) is 3.52. The number of ether oxygens (including phenoxy) is 4. The number of methoxy groups -OCH3 is 1. The number of Topliss-reactive ketones (excluding diaryl/α,β-unsaturated/α-hetero) is 1. The Balaban J connectivity index is 1.94. The molecular weight excluding hydrogens is 344 g/mol. The summed E-state index contributed by atoms with van der Waals surface area (Å²) in [5, 5.41) is 0. The molecule has 1 fully saturated rings. The molecule has 0 aromatic heterocycles. The standard InChI is InChI=1S/C22H28O5/c1-15(2)19(23)20(25-16(3)4)26-21(14-24-5)22(27-21,17-10-6-7-11-17)18-12-8-9-13-18/h6-13,16-18,20H,1,14H2,2-5H3. The molecule has 0 N–H and O–H groups in total. The number of carbonyl (C=O) groups is 1. The van der Waals surface area contributed by atoms with E-state index in [1.807, 2.05) is 38.2 Å². The SMILES string of the molecule is C=C(C)C(=O)C(OC(C)C)OC1(COC)OC1(C1C=CC=C1)C1C=CC=C1. The van der Waals surface area contributed by atoms with Gasteiger partial charge >= 0.3 is 0 Å². The van der Waals surface area contributed by atoms with Crippen LogP contribution in [-0.2, 0) is 23.7 Å². The summed E-state index contributed by atoms with van der Waals surface area (Å²) in [6.45, 7) is 9.30. The summed E-state index contributed by atoms with van der Waals surface area (Å²) in [6.07, 6.45) is 15.0. The van der Waals surface area contributed by atoms with E-state index in [1.54, 1.807) is 14.0 Å². The summed E-state index contributed by atoms with van der Waals surface area (Å²) < 4.78 is 23.8. The molecule has 0 aromatic rings. The number of hydrogen-bond donors (Lipinski definition) is 0. The summed E-state index contributed by atoms with van der Waals surface area (Å²) in [6, 6.07) is 0. The van der Waals surface area contributed by atoms with Gasteiger partial charge in [0.1, 0.15) is 12.2 Å². The number of ketones is 1. The third-order valence-corrected chi connectivity index (χ3v) is 5.04. The van der Waals surface area contributed by atoms with Gasteiger partial charge < -0.3 is 18.9 Å².